The van der Waals surface area contributed by atoms with Crippen molar-refractivity contribution in [2.24, 2.45) is 0 Å². The Hall–Kier alpha value is -2.34. The van der Waals surface area contributed by atoms with E-state index in [1.165, 1.54) is 12.1 Å². The summed E-state index contributed by atoms with van der Waals surface area (Å²) in [5.41, 5.74) is 2.98. The number of non-ortho nitro benzene ring substituents is 1. The van der Waals surface area contributed by atoms with E-state index in [1.807, 2.05) is 30.5 Å². The third kappa shape index (κ3) is 2.75. The van der Waals surface area contributed by atoms with Gasteiger partial charge in [0.1, 0.15) is 0 Å². The second-order valence-corrected chi connectivity index (χ2v) is 5.49. The number of benzene rings is 2. The van der Waals surface area contributed by atoms with Gasteiger partial charge in [-0.1, -0.05) is 12.1 Å². The van der Waals surface area contributed by atoms with Crippen LogP contribution in [0, 0.1) is 10.1 Å². The van der Waals surface area contributed by atoms with Gasteiger partial charge in [0.15, 0.2) is 0 Å². The third-order valence-electron chi connectivity index (χ3n) is 3.32. The summed E-state index contributed by atoms with van der Waals surface area (Å²) in [6.07, 6.45) is 1.90. The molecule has 1 aromatic heterocycles. The zero-order chi connectivity index (χ0) is 14.8. The molecular formula is C15H12BrN3O2. The van der Waals surface area contributed by atoms with Gasteiger partial charge in [-0.05, 0) is 39.7 Å². The first kappa shape index (κ1) is 13.6. The summed E-state index contributed by atoms with van der Waals surface area (Å²) < 4.78 is 0.800. The van der Waals surface area contributed by atoms with E-state index < -0.39 is 4.92 Å². The van der Waals surface area contributed by atoms with E-state index in [9.17, 15) is 10.1 Å². The molecule has 21 heavy (non-hydrogen) atoms. The first-order valence-electron chi connectivity index (χ1n) is 6.38. The lowest BCUT2D eigenvalue weighted by molar-refractivity contribution is -0.384. The summed E-state index contributed by atoms with van der Waals surface area (Å²) in [5.74, 6) is 0. The van der Waals surface area contributed by atoms with Gasteiger partial charge >= 0.3 is 0 Å². The molecule has 106 valence electrons. The van der Waals surface area contributed by atoms with E-state index in [4.69, 9.17) is 0 Å². The number of H-pyrrole nitrogens is 1. The maximum atomic E-state index is 10.8. The molecule has 0 radical (unpaired) electrons. The van der Waals surface area contributed by atoms with Crippen molar-refractivity contribution in [2.75, 3.05) is 5.32 Å². The molecule has 6 heteroatoms. The molecule has 1 heterocycles. The standard InChI is InChI=1S/C15H12BrN3O2/c16-13-5-4-11(19(20)21)8-15(13)18-9-10-2-1-3-14-12(10)6-7-17-14/h1-8,17-18H,9H2. The lowest BCUT2D eigenvalue weighted by Gasteiger charge is -2.09. The fourth-order valence-corrected chi connectivity index (χ4v) is 2.64. The fraction of sp³-hybridized carbons (Fsp3) is 0.0667. The average molecular weight is 346 g/mol. The van der Waals surface area contributed by atoms with E-state index >= 15 is 0 Å². The van der Waals surface area contributed by atoms with Crippen molar-refractivity contribution in [2.45, 2.75) is 6.54 Å². The normalized spacial score (nSPS) is 10.7. The van der Waals surface area contributed by atoms with Crippen molar-refractivity contribution in [3.05, 3.63) is 68.8 Å². The molecule has 0 bridgehead atoms. The second kappa shape index (κ2) is 5.57. The minimum atomic E-state index is -0.398. The van der Waals surface area contributed by atoms with Gasteiger partial charge in [0, 0.05) is 40.2 Å². The summed E-state index contributed by atoms with van der Waals surface area (Å²) in [7, 11) is 0. The van der Waals surface area contributed by atoms with Gasteiger partial charge in [0.25, 0.3) is 5.69 Å². The Kier molecular flexibility index (Phi) is 3.62. The van der Waals surface area contributed by atoms with Gasteiger partial charge in [-0.15, -0.1) is 0 Å². The van der Waals surface area contributed by atoms with Crippen LogP contribution in [0.1, 0.15) is 5.56 Å². The van der Waals surface area contributed by atoms with Crippen LogP contribution >= 0.6 is 15.9 Å². The van der Waals surface area contributed by atoms with Crippen molar-refractivity contribution in [3.8, 4) is 0 Å². The molecule has 0 amide bonds. The second-order valence-electron chi connectivity index (χ2n) is 4.63. The van der Waals surface area contributed by atoms with Crippen molar-refractivity contribution in [3.63, 3.8) is 0 Å². The highest BCUT2D eigenvalue weighted by molar-refractivity contribution is 9.10. The number of nitrogens with one attached hydrogen (secondary N) is 2. The summed E-state index contributed by atoms with van der Waals surface area (Å²) in [5, 5.41) is 15.2. The maximum absolute atomic E-state index is 10.8. The molecule has 3 rings (SSSR count). The monoisotopic (exact) mass is 345 g/mol. The molecule has 3 aromatic rings. The number of halogens is 1. The molecule has 0 aliphatic carbocycles. The number of hydrogen-bond donors (Lipinski definition) is 2. The minimum absolute atomic E-state index is 0.0700. The molecule has 0 saturated carbocycles. The smallest absolute Gasteiger partial charge is 0.271 e. The van der Waals surface area contributed by atoms with Crippen molar-refractivity contribution in [1.29, 1.82) is 0 Å². The van der Waals surface area contributed by atoms with E-state index in [1.54, 1.807) is 6.07 Å². The SMILES string of the molecule is O=[N+]([O-])c1ccc(Br)c(NCc2cccc3[nH]ccc23)c1. The number of nitro groups is 1. The molecular weight excluding hydrogens is 334 g/mol. The van der Waals surface area contributed by atoms with Crippen LogP contribution in [0.25, 0.3) is 10.9 Å². The first-order valence-corrected chi connectivity index (χ1v) is 7.17. The highest BCUT2D eigenvalue weighted by Gasteiger charge is 2.09. The van der Waals surface area contributed by atoms with Crippen LogP contribution in [0.3, 0.4) is 0 Å². The molecule has 0 aliphatic rings. The zero-order valence-corrected chi connectivity index (χ0v) is 12.6. The van der Waals surface area contributed by atoms with Crippen molar-refractivity contribution in [1.82, 2.24) is 4.98 Å². The minimum Gasteiger partial charge on any atom is -0.380 e. The Morgan fingerprint density at radius 2 is 2.10 bits per heavy atom. The summed E-state index contributed by atoms with van der Waals surface area (Å²) in [6.45, 7) is 0.592. The number of aromatic amines is 1. The largest absolute Gasteiger partial charge is 0.380 e. The Labute approximate surface area is 129 Å². The molecule has 0 unspecified atom stereocenters. The topological polar surface area (TPSA) is 71.0 Å². The molecule has 0 saturated heterocycles. The molecule has 5 nitrogen and oxygen atoms in total. The van der Waals surface area contributed by atoms with E-state index in [-0.39, 0.29) is 5.69 Å². The Balaban J connectivity index is 1.86. The Morgan fingerprint density at radius 1 is 1.24 bits per heavy atom. The summed E-state index contributed by atoms with van der Waals surface area (Å²) >= 11 is 3.40. The lowest BCUT2D eigenvalue weighted by Crippen LogP contribution is -2.01. The van der Waals surface area contributed by atoms with E-state index in [2.05, 4.69) is 26.2 Å². The van der Waals surface area contributed by atoms with Crippen LogP contribution in [-0.2, 0) is 6.54 Å². The number of fused-ring (bicyclic) bond motifs is 1. The van der Waals surface area contributed by atoms with Gasteiger partial charge < -0.3 is 10.3 Å². The predicted octanol–water partition coefficient (Wildman–Crippen LogP) is 4.45. The van der Waals surface area contributed by atoms with Crippen molar-refractivity contribution < 1.29 is 4.92 Å². The molecule has 0 fully saturated rings. The van der Waals surface area contributed by atoms with Gasteiger partial charge in [0.2, 0.25) is 0 Å². The highest BCUT2D eigenvalue weighted by Crippen LogP contribution is 2.28. The number of anilines is 1. The van der Waals surface area contributed by atoms with E-state index in [0.29, 0.717) is 12.2 Å². The number of nitrogens with zero attached hydrogens (tertiary/aromatic N) is 1. The maximum Gasteiger partial charge on any atom is 0.271 e. The molecule has 0 spiro atoms. The van der Waals surface area contributed by atoms with Crippen LogP contribution in [0.15, 0.2) is 53.1 Å². The quantitative estimate of drug-likeness (QED) is 0.542. The third-order valence-corrected chi connectivity index (χ3v) is 4.01. The van der Waals surface area contributed by atoms with Gasteiger partial charge in [-0.2, -0.15) is 0 Å². The number of rotatable bonds is 4. The average Bonchev–Trinajstić information content (AvgIpc) is 2.95. The molecule has 0 atom stereocenters. The van der Waals surface area contributed by atoms with Crippen molar-refractivity contribution >= 4 is 38.2 Å². The lowest BCUT2D eigenvalue weighted by atomic mass is 10.1. The van der Waals surface area contributed by atoms with Gasteiger partial charge in [-0.25, -0.2) is 0 Å². The number of nitro benzene ring substituents is 1. The molecule has 2 aromatic carbocycles. The fourth-order valence-electron chi connectivity index (χ4n) is 2.26. The molecule has 2 N–H and O–H groups in total. The Bertz CT molecular complexity index is 814. The van der Waals surface area contributed by atoms with Crippen LogP contribution in [0.4, 0.5) is 11.4 Å². The van der Waals surface area contributed by atoms with Crippen LogP contribution in [0.2, 0.25) is 0 Å². The number of aromatic nitrogens is 1. The van der Waals surface area contributed by atoms with E-state index in [0.717, 1.165) is 20.9 Å². The van der Waals surface area contributed by atoms with Gasteiger partial charge in [-0.3, -0.25) is 10.1 Å². The van der Waals surface area contributed by atoms with Crippen LogP contribution < -0.4 is 5.32 Å². The first-order chi connectivity index (χ1) is 10.1. The van der Waals surface area contributed by atoms with Crippen LogP contribution in [0.5, 0.6) is 0 Å². The molecule has 0 aliphatic heterocycles. The van der Waals surface area contributed by atoms with Gasteiger partial charge in [0.05, 0.1) is 10.6 Å². The Morgan fingerprint density at radius 3 is 2.90 bits per heavy atom. The zero-order valence-electron chi connectivity index (χ0n) is 11.0. The predicted molar refractivity (Wildman–Crippen MR) is 86.4 cm³/mol. The summed E-state index contributed by atoms with van der Waals surface area (Å²) in [4.78, 5) is 13.6. The highest BCUT2D eigenvalue weighted by atomic mass is 79.9. The van der Waals surface area contributed by atoms with Crippen LogP contribution in [-0.4, -0.2) is 9.91 Å². The number of hydrogen-bond acceptors (Lipinski definition) is 3. The summed E-state index contributed by atoms with van der Waals surface area (Å²) in [6, 6.07) is 12.7.